The van der Waals surface area contributed by atoms with E-state index in [0.717, 1.165) is 17.2 Å². The van der Waals surface area contributed by atoms with Crippen molar-refractivity contribution in [3.05, 3.63) is 63.6 Å². The molecule has 0 aliphatic rings. The molecule has 0 aromatic heterocycles. The van der Waals surface area contributed by atoms with E-state index in [2.05, 4.69) is 15.9 Å². The number of hydrogen-bond acceptors (Lipinski definition) is 2. The first kappa shape index (κ1) is 14.9. The second kappa shape index (κ2) is 6.28. The normalized spacial score (nSPS) is 10.3. The number of halogens is 3. The molecule has 0 saturated heterocycles. The van der Waals surface area contributed by atoms with E-state index in [9.17, 15) is 8.78 Å². The predicted octanol–water partition coefficient (Wildman–Crippen LogP) is 3.94. The first-order valence-electron chi connectivity index (χ1n) is 5.63. The highest BCUT2D eigenvalue weighted by Gasteiger charge is 2.11. The van der Waals surface area contributed by atoms with Gasteiger partial charge in [-0.3, -0.25) is 0 Å². The van der Waals surface area contributed by atoms with E-state index in [0.29, 0.717) is 9.46 Å². The van der Waals surface area contributed by atoms with E-state index in [-0.39, 0.29) is 12.4 Å². The summed E-state index contributed by atoms with van der Waals surface area (Å²) >= 11 is 7.93. The van der Waals surface area contributed by atoms with Crippen molar-refractivity contribution in [3.8, 4) is 5.75 Å². The topological polar surface area (TPSA) is 35.2 Å². The van der Waals surface area contributed by atoms with Gasteiger partial charge in [0.2, 0.25) is 5.82 Å². The molecule has 0 saturated carbocycles. The summed E-state index contributed by atoms with van der Waals surface area (Å²) in [5, 5.41) is 0. The Morgan fingerprint density at radius 3 is 2.45 bits per heavy atom. The van der Waals surface area contributed by atoms with Gasteiger partial charge in [0.05, 0.1) is 0 Å². The smallest absolute Gasteiger partial charge is 0.200 e. The molecule has 0 unspecified atom stereocenters. The van der Waals surface area contributed by atoms with E-state index in [1.807, 2.05) is 0 Å². The molecule has 0 fully saturated rings. The van der Waals surface area contributed by atoms with Gasteiger partial charge in [0.1, 0.15) is 11.6 Å². The van der Waals surface area contributed by atoms with Crippen molar-refractivity contribution in [2.24, 2.45) is 5.73 Å². The molecule has 20 heavy (non-hydrogen) atoms. The highest BCUT2D eigenvalue weighted by Crippen LogP contribution is 2.26. The van der Waals surface area contributed by atoms with Gasteiger partial charge in [-0.2, -0.15) is 4.39 Å². The van der Waals surface area contributed by atoms with Gasteiger partial charge in [0.15, 0.2) is 11.6 Å². The first-order valence-corrected chi connectivity index (χ1v) is 6.83. The number of rotatable bonds is 4. The zero-order valence-electron chi connectivity index (χ0n) is 10.2. The Hall–Kier alpha value is -1.53. The molecule has 2 nitrogen and oxygen atoms in total. The average molecular weight is 358 g/mol. The lowest BCUT2D eigenvalue weighted by molar-refractivity contribution is 0.284. The third-order valence-electron chi connectivity index (χ3n) is 2.59. The average Bonchev–Trinajstić information content (AvgIpc) is 2.41. The molecule has 0 aliphatic carbocycles. The SMILES string of the molecule is NC(=S)c1ccc(COc2cc(Br)cc(F)c2F)cc1. The Kier molecular flexibility index (Phi) is 4.67. The van der Waals surface area contributed by atoms with Crippen LogP contribution in [0.3, 0.4) is 0 Å². The standard InChI is InChI=1S/C14H10BrF2NOS/c15-10-5-11(16)13(17)12(6-10)19-7-8-1-3-9(4-2-8)14(18)20/h1-6H,7H2,(H2,18,20). The van der Waals surface area contributed by atoms with Crippen LogP contribution in [0.5, 0.6) is 5.75 Å². The summed E-state index contributed by atoms with van der Waals surface area (Å²) < 4.78 is 32.4. The highest BCUT2D eigenvalue weighted by molar-refractivity contribution is 9.10. The fraction of sp³-hybridized carbons (Fsp3) is 0.0714. The second-order valence-electron chi connectivity index (χ2n) is 4.05. The molecule has 6 heteroatoms. The number of thiocarbonyl (C=S) groups is 1. The van der Waals surface area contributed by atoms with E-state index < -0.39 is 11.6 Å². The predicted molar refractivity (Wildman–Crippen MR) is 80.7 cm³/mol. The van der Waals surface area contributed by atoms with Gasteiger partial charge in [-0.25, -0.2) is 4.39 Å². The Bertz CT molecular complexity index is 646. The van der Waals surface area contributed by atoms with Crippen molar-refractivity contribution in [3.63, 3.8) is 0 Å². The Morgan fingerprint density at radius 2 is 1.85 bits per heavy atom. The Balaban J connectivity index is 2.11. The molecule has 2 N–H and O–H groups in total. The lowest BCUT2D eigenvalue weighted by Crippen LogP contribution is -2.09. The molecule has 104 valence electrons. The van der Waals surface area contributed by atoms with Crippen LogP contribution in [0.1, 0.15) is 11.1 Å². The second-order valence-corrected chi connectivity index (χ2v) is 5.41. The van der Waals surface area contributed by atoms with E-state index in [1.165, 1.54) is 6.07 Å². The zero-order valence-corrected chi connectivity index (χ0v) is 12.6. The van der Waals surface area contributed by atoms with Crippen molar-refractivity contribution in [1.29, 1.82) is 0 Å². The molecule has 2 aromatic rings. The van der Waals surface area contributed by atoms with Gasteiger partial charge in [-0.1, -0.05) is 52.4 Å². The maximum Gasteiger partial charge on any atom is 0.200 e. The lowest BCUT2D eigenvalue weighted by Gasteiger charge is -2.09. The lowest BCUT2D eigenvalue weighted by atomic mass is 10.1. The minimum atomic E-state index is -1.01. The van der Waals surface area contributed by atoms with Crippen molar-refractivity contribution < 1.29 is 13.5 Å². The molecule has 0 heterocycles. The third-order valence-corrected chi connectivity index (χ3v) is 3.29. The van der Waals surface area contributed by atoms with Gasteiger partial charge >= 0.3 is 0 Å². The molecule has 0 bridgehead atoms. The minimum Gasteiger partial charge on any atom is -0.486 e. The molecular formula is C14H10BrF2NOS. The van der Waals surface area contributed by atoms with Crippen molar-refractivity contribution in [1.82, 2.24) is 0 Å². The van der Waals surface area contributed by atoms with Gasteiger partial charge in [-0.05, 0) is 17.7 Å². The molecule has 0 amide bonds. The van der Waals surface area contributed by atoms with Crippen LogP contribution < -0.4 is 10.5 Å². The Labute approximate surface area is 128 Å². The van der Waals surface area contributed by atoms with Gasteiger partial charge in [-0.15, -0.1) is 0 Å². The summed E-state index contributed by atoms with van der Waals surface area (Å²) in [4.78, 5) is 0.303. The van der Waals surface area contributed by atoms with Crippen molar-refractivity contribution >= 4 is 33.1 Å². The van der Waals surface area contributed by atoms with Crippen LogP contribution in [-0.4, -0.2) is 4.99 Å². The van der Waals surface area contributed by atoms with Crippen LogP contribution in [0.4, 0.5) is 8.78 Å². The first-order chi connectivity index (χ1) is 9.47. The molecule has 2 aromatic carbocycles. The molecule has 2 rings (SSSR count). The highest BCUT2D eigenvalue weighted by atomic mass is 79.9. The molecule has 0 atom stereocenters. The van der Waals surface area contributed by atoms with Crippen LogP contribution in [0.15, 0.2) is 40.9 Å². The molecular weight excluding hydrogens is 348 g/mol. The van der Waals surface area contributed by atoms with Crippen molar-refractivity contribution in [2.45, 2.75) is 6.61 Å². The van der Waals surface area contributed by atoms with Gasteiger partial charge in [0.25, 0.3) is 0 Å². The van der Waals surface area contributed by atoms with Crippen LogP contribution in [-0.2, 0) is 6.61 Å². The summed E-state index contributed by atoms with van der Waals surface area (Å²) in [7, 11) is 0. The number of hydrogen-bond donors (Lipinski definition) is 1. The maximum atomic E-state index is 13.5. The summed E-state index contributed by atoms with van der Waals surface area (Å²) in [6, 6.07) is 9.44. The quantitative estimate of drug-likeness (QED) is 0.664. The zero-order chi connectivity index (χ0) is 14.7. The number of benzene rings is 2. The van der Waals surface area contributed by atoms with Crippen LogP contribution in [0, 0.1) is 11.6 Å². The van der Waals surface area contributed by atoms with E-state index in [1.54, 1.807) is 24.3 Å². The van der Waals surface area contributed by atoms with Crippen LogP contribution >= 0.6 is 28.1 Å². The monoisotopic (exact) mass is 357 g/mol. The van der Waals surface area contributed by atoms with Crippen LogP contribution in [0.2, 0.25) is 0 Å². The minimum absolute atomic E-state index is 0.116. The fourth-order valence-electron chi connectivity index (χ4n) is 1.56. The van der Waals surface area contributed by atoms with Crippen molar-refractivity contribution in [2.75, 3.05) is 0 Å². The van der Waals surface area contributed by atoms with E-state index in [4.69, 9.17) is 22.7 Å². The summed E-state index contributed by atoms with van der Waals surface area (Å²) in [5.41, 5.74) is 7.02. The summed E-state index contributed by atoms with van der Waals surface area (Å²) in [5.74, 6) is -2.11. The molecule has 0 aliphatic heterocycles. The van der Waals surface area contributed by atoms with Gasteiger partial charge in [0, 0.05) is 10.0 Å². The Morgan fingerprint density at radius 1 is 1.20 bits per heavy atom. The number of nitrogens with two attached hydrogens (primary N) is 1. The van der Waals surface area contributed by atoms with Crippen LogP contribution in [0.25, 0.3) is 0 Å². The fourth-order valence-corrected chi connectivity index (χ4v) is 2.11. The number of ether oxygens (including phenoxy) is 1. The third kappa shape index (κ3) is 3.52. The summed E-state index contributed by atoms with van der Waals surface area (Å²) in [6.45, 7) is 0.116. The largest absolute Gasteiger partial charge is 0.486 e. The molecule has 0 radical (unpaired) electrons. The van der Waals surface area contributed by atoms with E-state index >= 15 is 0 Å². The summed E-state index contributed by atoms with van der Waals surface area (Å²) in [6.07, 6.45) is 0. The molecule has 0 spiro atoms. The maximum absolute atomic E-state index is 13.5. The van der Waals surface area contributed by atoms with Gasteiger partial charge < -0.3 is 10.5 Å².